The molecule has 0 amide bonds. The summed E-state index contributed by atoms with van der Waals surface area (Å²) >= 11 is 0. The van der Waals surface area contributed by atoms with Gasteiger partial charge in [-0.1, -0.05) is 19.8 Å². The fourth-order valence-electron chi connectivity index (χ4n) is 2.46. The van der Waals surface area contributed by atoms with Crippen LogP contribution in [-0.4, -0.2) is 32.5 Å². The van der Waals surface area contributed by atoms with Crippen molar-refractivity contribution < 1.29 is 8.42 Å². The summed E-state index contributed by atoms with van der Waals surface area (Å²) in [6.45, 7) is 4.39. The molecule has 1 N–H and O–H groups in total. The Morgan fingerprint density at radius 2 is 2.06 bits per heavy atom. The van der Waals surface area contributed by atoms with Gasteiger partial charge in [-0.2, -0.15) is 0 Å². The Kier molecular flexibility index (Phi) is 5.25. The van der Waals surface area contributed by atoms with Gasteiger partial charge >= 0.3 is 0 Å². The zero-order valence-corrected chi connectivity index (χ0v) is 11.5. The second-order valence-electron chi connectivity index (χ2n) is 5.45. The quantitative estimate of drug-likeness (QED) is 0.808. The predicted molar refractivity (Wildman–Crippen MR) is 68.3 cm³/mol. The van der Waals surface area contributed by atoms with Crippen LogP contribution in [0, 0.1) is 5.92 Å². The van der Waals surface area contributed by atoms with Crippen molar-refractivity contribution >= 4 is 9.84 Å². The van der Waals surface area contributed by atoms with E-state index in [1.54, 1.807) is 0 Å². The van der Waals surface area contributed by atoms with E-state index in [0.29, 0.717) is 17.8 Å². The molecule has 16 heavy (non-hydrogen) atoms. The van der Waals surface area contributed by atoms with Gasteiger partial charge in [-0.25, -0.2) is 8.42 Å². The minimum atomic E-state index is -2.81. The molecule has 0 saturated heterocycles. The predicted octanol–water partition coefficient (Wildman–Crippen LogP) is 1.98. The third-order valence-electron chi connectivity index (χ3n) is 3.38. The number of sulfone groups is 1. The van der Waals surface area contributed by atoms with Crippen LogP contribution >= 0.6 is 0 Å². The smallest absolute Gasteiger partial charge is 0.147 e. The van der Waals surface area contributed by atoms with Crippen LogP contribution in [0.4, 0.5) is 0 Å². The standard InChI is InChI=1S/C12H25NO2S/c1-10-5-4-6-12(9-10)13-11(2)7-8-16(3,14)15/h10-13H,4-9H2,1-3H3. The molecule has 4 heteroatoms. The Labute approximate surface area is 99.9 Å². The molecule has 96 valence electrons. The second-order valence-corrected chi connectivity index (χ2v) is 7.71. The lowest BCUT2D eigenvalue weighted by Crippen LogP contribution is -2.40. The summed E-state index contributed by atoms with van der Waals surface area (Å²) in [7, 11) is -2.81. The van der Waals surface area contributed by atoms with Crippen LogP contribution in [0.3, 0.4) is 0 Å². The zero-order valence-electron chi connectivity index (χ0n) is 10.7. The summed E-state index contributed by atoms with van der Waals surface area (Å²) in [6.07, 6.45) is 7.16. The monoisotopic (exact) mass is 247 g/mol. The molecule has 0 aromatic carbocycles. The summed E-state index contributed by atoms with van der Waals surface area (Å²) in [5.74, 6) is 1.11. The zero-order chi connectivity index (χ0) is 12.2. The Balaban J connectivity index is 2.25. The van der Waals surface area contributed by atoms with Crippen molar-refractivity contribution in [1.29, 1.82) is 0 Å². The molecule has 3 atom stereocenters. The van der Waals surface area contributed by atoms with Gasteiger partial charge in [-0.15, -0.1) is 0 Å². The van der Waals surface area contributed by atoms with Crippen LogP contribution in [-0.2, 0) is 9.84 Å². The lowest BCUT2D eigenvalue weighted by atomic mass is 9.87. The average molecular weight is 247 g/mol. The van der Waals surface area contributed by atoms with Crippen LogP contribution in [0.5, 0.6) is 0 Å². The maximum absolute atomic E-state index is 11.1. The molecular formula is C12H25NO2S. The summed E-state index contributed by atoms with van der Waals surface area (Å²) in [5.41, 5.74) is 0. The molecule has 3 nitrogen and oxygen atoms in total. The molecule has 1 aliphatic rings. The Morgan fingerprint density at radius 3 is 2.62 bits per heavy atom. The van der Waals surface area contributed by atoms with Crippen LogP contribution in [0.25, 0.3) is 0 Å². The van der Waals surface area contributed by atoms with E-state index in [1.165, 1.54) is 31.9 Å². The minimum absolute atomic E-state index is 0.295. The van der Waals surface area contributed by atoms with Gasteiger partial charge in [0.2, 0.25) is 0 Å². The van der Waals surface area contributed by atoms with Crippen LogP contribution in [0.1, 0.15) is 46.0 Å². The van der Waals surface area contributed by atoms with Gasteiger partial charge in [-0.05, 0) is 32.1 Å². The largest absolute Gasteiger partial charge is 0.311 e. The highest BCUT2D eigenvalue weighted by Crippen LogP contribution is 2.23. The first-order chi connectivity index (χ1) is 7.37. The van der Waals surface area contributed by atoms with Gasteiger partial charge < -0.3 is 5.32 Å². The van der Waals surface area contributed by atoms with Gasteiger partial charge in [0, 0.05) is 18.3 Å². The van der Waals surface area contributed by atoms with Crippen molar-refractivity contribution in [2.45, 2.75) is 58.0 Å². The highest BCUT2D eigenvalue weighted by Gasteiger charge is 2.20. The average Bonchev–Trinajstić information content (AvgIpc) is 2.14. The van der Waals surface area contributed by atoms with Crippen molar-refractivity contribution in [2.75, 3.05) is 12.0 Å². The Hall–Kier alpha value is -0.0900. The maximum Gasteiger partial charge on any atom is 0.147 e. The van der Waals surface area contributed by atoms with Gasteiger partial charge in [-0.3, -0.25) is 0 Å². The molecule has 0 bridgehead atoms. The maximum atomic E-state index is 11.1. The van der Waals surface area contributed by atoms with Crippen LogP contribution in [0.2, 0.25) is 0 Å². The topological polar surface area (TPSA) is 46.2 Å². The first-order valence-electron chi connectivity index (χ1n) is 6.30. The summed E-state index contributed by atoms with van der Waals surface area (Å²) in [6, 6.07) is 0.906. The fourth-order valence-corrected chi connectivity index (χ4v) is 3.24. The van der Waals surface area contributed by atoms with Crippen molar-refractivity contribution in [3.8, 4) is 0 Å². The summed E-state index contributed by atoms with van der Waals surface area (Å²) in [5, 5.41) is 3.56. The van der Waals surface area contributed by atoms with E-state index < -0.39 is 9.84 Å². The Bertz CT molecular complexity index is 300. The molecule has 1 saturated carbocycles. The first-order valence-corrected chi connectivity index (χ1v) is 8.36. The van der Waals surface area contributed by atoms with E-state index in [1.807, 2.05) is 0 Å². The molecule has 1 fully saturated rings. The van der Waals surface area contributed by atoms with E-state index in [9.17, 15) is 8.42 Å². The number of rotatable bonds is 5. The van der Waals surface area contributed by atoms with E-state index in [-0.39, 0.29) is 0 Å². The summed E-state index contributed by atoms with van der Waals surface area (Å²) < 4.78 is 22.1. The van der Waals surface area contributed by atoms with Crippen molar-refractivity contribution in [1.82, 2.24) is 5.32 Å². The molecule has 0 aromatic rings. The van der Waals surface area contributed by atoms with Crippen molar-refractivity contribution in [3.05, 3.63) is 0 Å². The molecule has 1 rings (SSSR count). The normalized spacial score (nSPS) is 28.9. The third kappa shape index (κ3) is 5.85. The van der Waals surface area contributed by atoms with Gasteiger partial charge in [0.1, 0.15) is 9.84 Å². The number of hydrogen-bond acceptors (Lipinski definition) is 3. The highest BCUT2D eigenvalue weighted by atomic mass is 32.2. The second kappa shape index (κ2) is 6.01. The van der Waals surface area contributed by atoms with E-state index in [4.69, 9.17) is 0 Å². The molecule has 0 aromatic heterocycles. The minimum Gasteiger partial charge on any atom is -0.311 e. The van der Waals surface area contributed by atoms with E-state index in [2.05, 4.69) is 19.2 Å². The SMILES string of the molecule is CC1CCCC(NC(C)CCS(C)(=O)=O)C1. The van der Waals surface area contributed by atoms with Crippen molar-refractivity contribution in [3.63, 3.8) is 0 Å². The van der Waals surface area contributed by atoms with E-state index >= 15 is 0 Å². The van der Waals surface area contributed by atoms with Crippen molar-refractivity contribution in [2.24, 2.45) is 5.92 Å². The molecule has 1 aliphatic carbocycles. The molecular weight excluding hydrogens is 222 g/mol. The first kappa shape index (κ1) is 14.0. The number of hydrogen-bond donors (Lipinski definition) is 1. The molecule has 3 unspecified atom stereocenters. The fraction of sp³-hybridized carbons (Fsp3) is 1.00. The van der Waals surface area contributed by atoms with Gasteiger partial charge in [0.05, 0.1) is 5.75 Å². The molecule has 0 radical (unpaired) electrons. The lowest BCUT2D eigenvalue weighted by Gasteiger charge is -2.30. The number of nitrogens with one attached hydrogen (secondary N) is 1. The molecule has 0 aliphatic heterocycles. The summed E-state index contributed by atoms with van der Waals surface area (Å²) in [4.78, 5) is 0. The Morgan fingerprint density at radius 1 is 1.38 bits per heavy atom. The third-order valence-corrected chi connectivity index (χ3v) is 4.36. The van der Waals surface area contributed by atoms with Gasteiger partial charge in [0.15, 0.2) is 0 Å². The van der Waals surface area contributed by atoms with Crippen LogP contribution in [0.15, 0.2) is 0 Å². The highest BCUT2D eigenvalue weighted by molar-refractivity contribution is 7.90. The van der Waals surface area contributed by atoms with E-state index in [0.717, 1.165) is 12.3 Å². The molecule has 0 heterocycles. The lowest BCUT2D eigenvalue weighted by molar-refractivity contribution is 0.282. The molecule has 0 spiro atoms. The van der Waals surface area contributed by atoms with Gasteiger partial charge in [0.25, 0.3) is 0 Å². The van der Waals surface area contributed by atoms with Crippen LogP contribution < -0.4 is 5.32 Å².